The summed E-state index contributed by atoms with van der Waals surface area (Å²) >= 11 is 0. The topological polar surface area (TPSA) is 26.0 Å². The summed E-state index contributed by atoms with van der Waals surface area (Å²) < 4.78 is 26.9. The van der Waals surface area contributed by atoms with Crippen LogP contribution in [0.4, 0.5) is 8.78 Å². The number of hydrogen-bond donors (Lipinski definition) is 1. The average Bonchev–Trinajstić information content (AvgIpc) is 2.96. The van der Waals surface area contributed by atoms with E-state index < -0.39 is 11.6 Å². The minimum atomic E-state index is -0.465. The molecule has 0 radical (unpaired) electrons. The van der Waals surface area contributed by atoms with E-state index >= 15 is 0 Å². The number of rotatable bonds is 2. The first kappa shape index (κ1) is 10.6. The lowest BCUT2D eigenvalue weighted by Gasteiger charge is -2.19. The van der Waals surface area contributed by atoms with E-state index in [9.17, 15) is 8.78 Å². The van der Waals surface area contributed by atoms with Gasteiger partial charge in [-0.25, -0.2) is 8.78 Å². The Hall–Kier alpha value is -0.960. The largest absolute Gasteiger partial charge is 0.330 e. The predicted octanol–water partition coefficient (Wildman–Crippen LogP) is 2.57. The molecule has 0 heterocycles. The first-order valence-corrected chi connectivity index (χ1v) is 5.17. The van der Waals surface area contributed by atoms with Crippen LogP contribution in [0.15, 0.2) is 6.07 Å². The van der Waals surface area contributed by atoms with Gasteiger partial charge in [0.25, 0.3) is 0 Å². The third-order valence-corrected chi connectivity index (χ3v) is 3.49. The molecular weight excluding hydrogens is 196 g/mol. The number of hydrogen-bond acceptors (Lipinski definition) is 1. The molecule has 1 saturated carbocycles. The van der Waals surface area contributed by atoms with Crippen LogP contribution < -0.4 is 5.73 Å². The highest BCUT2D eigenvalue weighted by Crippen LogP contribution is 2.50. The maximum atomic E-state index is 13.4. The van der Waals surface area contributed by atoms with Gasteiger partial charge in [-0.1, -0.05) is 0 Å². The van der Waals surface area contributed by atoms with Crippen LogP contribution in [0.3, 0.4) is 0 Å². The molecule has 1 aromatic rings. The van der Waals surface area contributed by atoms with Crippen LogP contribution in [0.2, 0.25) is 0 Å². The highest BCUT2D eigenvalue weighted by molar-refractivity contribution is 5.45. The Bertz CT molecular complexity index is 382. The van der Waals surface area contributed by atoms with Gasteiger partial charge in [0.1, 0.15) is 11.6 Å². The fourth-order valence-corrected chi connectivity index (χ4v) is 2.35. The van der Waals surface area contributed by atoms with Crippen LogP contribution in [0.5, 0.6) is 0 Å². The molecule has 1 aromatic carbocycles. The maximum absolute atomic E-state index is 13.4. The molecule has 2 N–H and O–H groups in total. The van der Waals surface area contributed by atoms with Crippen molar-refractivity contribution in [3.8, 4) is 0 Å². The second-order valence-electron chi connectivity index (χ2n) is 4.45. The smallest absolute Gasteiger partial charge is 0.129 e. The summed E-state index contributed by atoms with van der Waals surface area (Å²) in [6.45, 7) is 3.87. The third-order valence-electron chi connectivity index (χ3n) is 3.49. The minimum absolute atomic E-state index is 0.156. The van der Waals surface area contributed by atoms with Crippen molar-refractivity contribution in [3.63, 3.8) is 0 Å². The maximum Gasteiger partial charge on any atom is 0.129 e. The third kappa shape index (κ3) is 1.46. The van der Waals surface area contributed by atoms with Crippen LogP contribution in [0.25, 0.3) is 0 Å². The van der Waals surface area contributed by atoms with Crippen LogP contribution in [0, 0.1) is 25.5 Å². The Morgan fingerprint density at radius 3 is 2.00 bits per heavy atom. The Morgan fingerprint density at radius 1 is 1.20 bits per heavy atom. The van der Waals surface area contributed by atoms with Crippen LogP contribution >= 0.6 is 0 Å². The molecular formula is C12H15F2N. The van der Waals surface area contributed by atoms with E-state index in [1.165, 1.54) is 0 Å². The molecule has 15 heavy (non-hydrogen) atoms. The fraction of sp³-hybridized carbons (Fsp3) is 0.500. The molecule has 3 heteroatoms. The van der Waals surface area contributed by atoms with Gasteiger partial charge in [0, 0.05) is 18.0 Å². The molecule has 0 aromatic heterocycles. The van der Waals surface area contributed by atoms with Crippen molar-refractivity contribution in [3.05, 3.63) is 34.4 Å². The van der Waals surface area contributed by atoms with Crippen molar-refractivity contribution < 1.29 is 8.78 Å². The predicted molar refractivity (Wildman–Crippen MR) is 55.8 cm³/mol. The lowest BCUT2D eigenvalue weighted by molar-refractivity contribution is 0.555. The Balaban J connectivity index is 2.64. The zero-order valence-corrected chi connectivity index (χ0v) is 9.03. The van der Waals surface area contributed by atoms with Gasteiger partial charge in [-0.15, -0.1) is 0 Å². The van der Waals surface area contributed by atoms with Gasteiger partial charge in [0.05, 0.1) is 0 Å². The molecule has 0 spiro atoms. The minimum Gasteiger partial charge on any atom is -0.330 e. The quantitative estimate of drug-likeness (QED) is 0.799. The molecule has 0 bridgehead atoms. The molecule has 0 amide bonds. The van der Waals surface area contributed by atoms with Gasteiger partial charge in [0.15, 0.2) is 0 Å². The Labute approximate surface area is 88.3 Å². The molecule has 0 saturated heterocycles. The lowest BCUT2D eigenvalue weighted by Crippen LogP contribution is -2.23. The highest BCUT2D eigenvalue weighted by atomic mass is 19.1. The molecule has 1 aliphatic carbocycles. The Morgan fingerprint density at radius 2 is 1.67 bits per heavy atom. The second-order valence-corrected chi connectivity index (χ2v) is 4.45. The summed E-state index contributed by atoms with van der Waals surface area (Å²) in [7, 11) is 0. The monoisotopic (exact) mass is 211 g/mol. The standard InChI is InChI=1S/C12H15F2N/c1-7-9(13)5-10(14)8(2)11(7)12(6-15)3-4-12/h5H,3-4,6,15H2,1-2H3. The van der Waals surface area contributed by atoms with Gasteiger partial charge in [-0.05, 0) is 43.4 Å². The van der Waals surface area contributed by atoms with E-state index in [4.69, 9.17) is 5.73 Å². The summed E-state index contributed by atoms with van der Waals surface area (Å²) in [6.07, 6.45) is 1.88. The number of halogens is 2. The van der Waals surface area contributed by atoms with E-state index in [2.05, 4.69) is 0 Å². The molecule has 0 unspecified atom stereocenters. The Kier molecular flexibility index (Phi) is 2.30. The summed E-state index contributed by atoms with van der Waals surface area (Å²) in [6, 6.07) is 0.959. The van der Waals surface area contributed by atoms with E-state index in [-0.39, 0.29) is 5.41 Å². The van der Waals surface area contributed by atoms with Crippen molar-refractivity contribution in [1.82, 2.24) is 0 Å². The zero-order valence-electron chi connectivity index (χ0n) is 9.03. The lowest BCUT2D eigenvalue weighted by atomic mass is 9.87. The van der Waals surface area contributed by atoms with Crippen molar-refractivity contribution in [1.29, 1.82) is 0 Å². The molecule has 82 valence electrons. The van der Waals surface area contributed by atoms with E-state index in [0.717, 1.165) is 24.5 Å². The van der Waals surface area contributed by atoms with Gasteiger partial charge in [-0.2, -0.15) is 0 Å². The molecule has 2 rings (SSSR count). The van der Waals surface area contributed by atoms with Gasteiger partial charge in [-0.3, -0.25) is 0 Å². The van der Waals surface area contributed by atoms with Gasteiger partial charge >= 0.3 is 0 Å². The van der Waals surface area contributed by atoms with Crippen molar-refractivity contribution >= 4 is 0 Å². The van der Waals surface area contributed by atoms with Crippen molar-refractivity contribution in [2.45, 2.75) is 32.1 Å². The van der Waals surface area contributed by atoms with Crippen molar-refractivity contribution in [2.75, 3.05) is 6.54 Å². The molecule has 0 atom stereocenters. The SMILES string of the molecule is Cc1c(F)cc(F)c(C)c1C1(CN)CC1. The summed E-state index contributed by atoms with van der Waals surface area (Å²) in [5, 5.41) is 0. The van der Waals surface area contributed by atoms with E-state index in [0.29, 0.717) is 17.7 Å². The van der Waals surface area contributed by atoms with Crippen molar-refractivity contribution in [2.24, 2.45) is 5.73 Å². The molecule has 1 aliphatic rings. The first-order chi connectivity index (χ1) is 7.02. The molecule has 1 fully saturated rings. The van der Waals surface area contributed by atoms with E-state index in [1.807, 2.05) is 0 Å². The average molecular weight is 211 g/mol. The number of nitrogens with two attached hydrogens (primary N) is 1. The van der Waals surface area contributed by atoms with Gasteiger partial charge < -0.3 is 5.73 Å². The van der Waals surface area contributed by atoms with Crippen LogP contribution in [-0.2, 0) is 5.41 Å². The van der Waals surface area contributed by atoms with Crippen LogP contribution in [-0.4, -0.2) is 6.54 Å². The van der Waals surface area contributed by atoms with Crippen LogP contribution in [0.1, 0.15) is 29.5 Å². The summed E-state index contributed by atoms with van der Waals surface area (Å²) in [4.78, 5) is 0. The van der Waals surface area contributed by atoms with Gasteiger partial charge in [0.2, 0.25) is 0 Å². The zero-order chi connectivity index (χ0) is 11.2. The molecule has 0 aliphatic heterocycles. The van der Waals surface area contributed by atoms with E-state index in [1.54, 1.807) is 13.8 Å². The second kappa shape index (κ2) is 3.27. The summed E-state index contributed by atoms with van der Waals surface area (Å²) in [5.74, 6) is -0.930. The fourth-order valence-electron chi connectivity index (χ4n) is 2.35. The first-order valence-electron chi connectivity index (χ1n) is 5.17. The normalized spacial score (nSPS) is 17.9. The molecule has 1 nitrogen and oxygen atoms in total. The summed E-state index contributed by atoms with van der Waals surface area (Å²) in [5.41, 5.74) is 7.44. The highest BCUT2D eigenvalue weighted by Gasteiger charge is 2.45. The number of benzene rings is 1.